The molecule has 0 saturated carbocycles. The van der Waals surface area contributed by atoms with E-state index >= 15 is 0 Å². The molecule has 83 valence electrons. The fourth-order valence-electron chi connectivity index (χ4n) is 0. The Morgan fingerprint density at radius 3 is 0.455 bits per heavy atom. The molecule has 0 aromatic heterocycles. The Hall–Kier alpha value is 0.653. The summed E-state index contributed by atoms with van der Waals surface area (Å²) in [5.41, 5.74) is 0. The van der Waals surface area contributed by atoms with E-state index in [9.17, 15) is 0 Å². The average molecular weight is 406 g/mol. The van der Waals surface area contributed by atoms with Crippen LogP contribution in [0.1, 0.15) is 0 Å². The zero-order valence-corrected chi connectivity index (χ0v) is 9.56. The maximum atomic E-state index is 8.36. The summed E-state index contributed by atoms with van der Waals surface area (Å²) < 4.78 is 8.36. The van der Waals surface area contributed by atoms with E-state index in [0.717, 1.165) is 0 Å². The second-order valence-corrected chi connectivity index (χ2v) is 0. The van der Waals surface area contributed by atoms with Crippen molar-refractivity contribution in [1.29, 1.82) is 0 Å². The Kier molecular flexibility index (Phi) is 102000. The number of rotatable bonds is 0. The summed E-state index contributed by atoms with van der Waals surface area (Å²) >= 11 is 0.194. The third kappa shape index (κ3) is 1870. The van der Waals surface area contributed by atoms with Crippen molar-refractivity contribution in [2.75, 3.05) is 0 Å². The van der Waals surface area contributed by atoms with Crippen LogP contribution in [0, 0.1) is 0 Å². The Morgan fingerprint density at radius 1 is 0.455 bits per heavy atom. The molecule has 0 rings (SSSR count). The number of hydrogen-bond acceptors (Lipinski definition) is 1. The van der Waals surface area contributed by atoms with E-state index in [0.29, 0.717) is 0 Å². The Morgan fingerprint density at radius 2 is 0.455 bits per heavy atom. The number of halogens is 1. The first-order valence-electron chi connectivity index (χ1n) is 0.183. The molecule has 0 saturated heterocycles. The van der Waals surface area contributed by atoms with E-state index in [1.54, 1.807) is 0 Å². The normalized spacial score (nSPS) is 0.364. The zero-order chi connectivity index (χ0) is 2.00. The van der Waals surface area contributed by atoms with Crippen LogP contribution in [0.25, 0.3) is 0 Å². The molecule has 11 heteroatoms. The van der Waals surface area contributed by atoms with Gasteiger partial charge in [0.25, 0.3) is 0 Å². The van der Waals surface area contributed by atoms with Gasteiger partial charge in [0.15, 0.2) is 0 Å². The van der Waals surface area contributed by atoms with Gasteiger partial charge in [-0.25, -0.2) is 0 Å². The van der Waals surface area contributed by atoms with Gasteiger partial charge in [-0.15, -0.1) is 12.4 Å². The van der Waals surface area contributed by atoms with Gasteiger partial charge in [-0.1, -0.05) is 0 Å². The minimum atomic E-state index is 0. The molecule has 0 aliphatic carbocycles. The van der Waals surface area contributed by atoms with Gasteiger partial charge in [-0.2, -0.15) is 0 Å². The van der Waals surface area contributed by atoms with E-state index in [1.165, 1.54) is 0 Å². The van der Waals surface area contributed by atoms with Crippen LogP contribution in [0.15, 0.2) is 0 Å². The first-order valence-corrected chi connectivity index (χ1v) is 1.60. The molecule has 0 atom stereocenters. The van der Waals surface area contributed by atoms with Crippen LogP contribution in [0.3, 0.4) is 0 Å². The van der Waals surface area contributed by atoms with Gasteiger partial charge >= 0.3 is 27.5 Å². The van der Waals surface area contributed by atoms with E-state index in [1.807, 2.05) is 0 Å². The molecular weight excluding hydrogens is 388 g/mol. The second-order valence-electron chi connectivity index (χ2n) is 0. The van der Waals surface area contributed by atoms with Crippen molar-refractivity contribution in [2.45, 2.75) is 0 Å². The third-order valence-electron chi connectivity index (χ3n) is 0. The van der Waals surface area contributed by atoms with Crippen molar-refractivity contribution in [2.24, 2.45) is 0 Å². The van der Waals surface area contributed by atoms with Crippen LogP contribution in [-0.4, -0.2) is 68.5 Å². The van der Waals surface area contributed by atoms with Crippen molar-refractivity contribution < 1.29 is 46.6 Å². The Balaban J connectivity index is -0.000000000139. The monoisotopic (exact) mass is 405 g/mol. The molecule has 0 amide bonds. The first-order chi connectivity index (χ1) is 1.00. The van der Waals surface area contributed by atoms with Gasteiger partial charge in [-0.05, 0) is 0 Å². The predicted molar refractivity (Wildman–Crippen MR) is 42.6 cm³/mol. The Labute approximate surface area is 84.0 Å². The standard InChI is InChI=1S/Bi.ClH.8H2O.O/h;1H;8*1H2;. The quantitative estimate of drug-likeness (QED) is 0.349. The summed E-state index contributed by atoms with van der Waals surface area (Å²) in [5.74, 6) is 0. The summed E-state index contributed by atoms with van der Waals surface area (Å²) in [6.07, 6.45) is 0. The van der Waals surface area contributed by atoms with Crippen molar-refractivity contribution in [3.8, 4) is 0 Å². The fourth-order valence-corrected chi connectivity index (χ4v) is 0. The molecule has 0 aliphatic rings. The zero-order valence-electron chi connectivity index (χ0n) is 5.26. The maximum absolute atomic E-state index is 8.36. The molecule has 0 fully saturated rings. The average Bonchev–Trinajstić information content (AvgIpc) is 1.00. The predicted octanol–water partition coefficient (Wildman–Crippen LogP) is -6.68. The van der Waals surface area contributed by atoms with Crippen LogP contribution >= 0.6 is 12.4 Å². The van der Waals surface area contributed by atoms with E-state index in [4.69, 9.17) is 2.81 Å². The molecule has 0 bridgehead atoms. The van der Waals surface area contributed by atoms with Gasteiger partial charge < -0.3 is 43.8 Å². The first kappa shape index (κ1) is 484. The summed E-state index contributed by atoms with van der Waals surface area (Å²) in [4.78, 5) is 0. The second kappa shape index (κ2) is 2330. The van der Waals surface area contributed by atoms with Gasteiger partial charge in [-0.3, -0.25) is 0 Å². The van der Waals surface area contributed by atoms with Gasteiger partial charge in [0.05, 0.1) is 0 Å². The van der Waals surface area contributed by atoms with Crippen LogP contribution < -0.4 is 0 Å². The van der Waals surface area contributed by atoms with Gasteiger partial charge in [0, 0.05) is 0 Å². The summed E-state index contributed by atoms with van der Waals surface area (Å²) in [6.45, 7) is 0. The van der Waals surface area contributed by atoms with Crippen molar-refractivity contribution in [3.63, 3.8) is 0 Å². The molecule has 16 N–H and O–H groups in total. The van der Waals surface area contributed by atoms with Crippen LogP contribution in [0.2, 0.25) is 0 Å². The fraction of sp³-hybridized carbons (Fsp3) is 0. The van der Waals surface area contributed by atoms with Gasteiger partial charge in [0.2, 0.25) is 0 Å². The van der Waals surface area contributed by atoms with Gasteiger partial charge in [0.1, 0.15) is 0 Å². The van der Waals surface area contributed by atoms with E-state index < -0.39 is 0 Å². The Bertz CT molecular complexity index is 9.52. The van der Waals surface area contributed by atoms with Crippen LogP contribution in [0.5, 0.6) is 0 Å². The summed E-state index contributed by atoms with van der Waals surface area (Å²) in [5, 5.41) is 0. The molecule has 0 unspecified atom stereocenters. The SMILES string of the molecule is Cl.O.O.O.O.O.O.O.O.[O]=[Bi]. The number of hydrogen-bond donors (Lipinski definition) is 0. The summed E-state index contributed by atoms with van der Waals surface area (Å²) in [6, 6.07) is 0. The van der Waals surface area contributed by atoms with Crippen molar-refractivity contribution in [1.82, 2.24) is 0 Å². The van der Waals surface area contributed by atoms with E-state index in [2.05, 4.69) is 0 Å². The van der Waals surface area contributed by atoms with Crippen LogP contribution in [0.4, 0.5) is 0 Å². The molecular formula is H17BiClO9. The molecule has 1 radical (unpaired) electrons. The molecule has 0 heterocycles. The molecule has 0 aliphatic heterocycles. The van der Waals surface area contributed by atoms with Crippen LogP contribution in [-0.2, 0) is 2.81 Å². The topological polar surface area (TPSA) is 269 Å². The van der Waals surface area contributed by atoms with Crippen molar-refractivity contribution >= 4 is 37.1 Å². The molecule has 11 heavy (non-hydrogen) atoms. The summed E-state index contributed by atoms with van der Waals surface area (Å²) in [7, 11) is 0. The minimum absolute atomic E-state index is 0. The molecule has 0 aromatic carbocycles. The molecule has 9 nitrogen and oxygen atoms in total. The van der Waals surface area contributed by atoms with E-state index in [-0.39, 0.29) is 80.9 Å². The molecule has 0 aromatic rings. The molecule has 0 spiro atoms. The van der Waals surface area contributed by atoms with Crippen molar-refractivity contribution in [3.05, 3.63) is 0 Å². The third-order valence-corrected chi connectivity index (χ3v) is 0.